The molecule has 0 saturated heterocycles. The molecule has 1 aromatic carbocycles. The van der Waals surface area contributed by atoms with E-state index in [2.05, 4.69) is 10.1 Å². The van der Waals surface area contributed by atoms with Crippen molar-refractivity contribution in [1.82, 2.24) is 14.6 Å². The summed E-state index contributed by atoms with van der Waals surface area (Å²) in [6.07, 6.45) is 1.31. The molecule has 5 nitrogen and oxygen atoms in total. The maximum atomic E-state index is 13.1. The first-order chi connectivity index (χ1) is 8.65. The van der Waals surface area contributed by atoms with E-state index in [1.165, 1.54) is 22.8 Å². The van der Waals surface area contributed by atoms with Gasteiger partial charge in [0.1, 0.15) is 11.5 Å². The molecule has 3 aromatic rings. The number of nitrogens with one attached hydrogen (secondary N) is 1. The zero-order chi connectivity index (χ0) is 12.7. The Hall–Kier alpha value is -2.63. The van der Waals surface area contributed by atoms with E-state index < -0.39 is 0 Å². The van der Waals surface area contributed by atoms with Crippen LogP contribution in [0.1, 0.15) is 0 Å². The van der Waals surface area contributed by atoms with Crippen molar-refractivity contribution in [3.63, 3.8) is 0 Å². The Labute approximate surface area is 101 Å². The Balaban J connectivity index is 2.26. The van der Waals surface area contributed by atoms with Crippen molar-refractivity contribution in [1.29, 1.82) is 0 Å². The van der Waals surface area contributed by atoms with Gasteiger partial charge in [0.25, 0.3) is 5.56 Å². The monoisotopic (exact) mass is 244 g/mol. The number of halogens is 1. The van der Waals surface area contributed by atoms with Crippen LogP contribution >= 0.6 is 0 Å². The highest BCUT2D eigenvalue weighted by atomic mass is 19.1. The van der Waals surface area contributed by atoms with Crippen molar-refractivity contribution in [2.75, 3.05) is 5.73 Å². The number of nitrogens with zero attached hydrogens (tertiary/aromatic N) is 2. The summed E-state index contributed by atoms with van der Waals surface area (Å²) in [4.78, 5) is 15.8. The average Bonchev–Trinajstić information content (AvgIpc) is 2.79. The van der Waals surface area contributed by atoms with Crippen LogP contribution in [0.4, 0.5) is 10.1 Å². The third-order valence-electron chi connectivity index (χ3n) is 2.66. The Morgan fingerprint density at radius 1 is 1.33 bits per heavy atom. The summed E-state index contributed by atoms with van der Waals surface area (Å²) in [6, 6.07) is 7.73. The van der Waals surface area contributed by atoms with E-state index in [0.29, 0.717) is 16.9 Å². The summed E-state index contributed by atoms with van der Waals surface area (Å²) in [6.45, 7) is 0. The van der Waals surface area contributed by atoms with Crippen LogP contribution in [-0.2, 0) is 0 Å². The quantitative estimate of drug-likeness (QED) is 0.679. The van der Waals surface area contributed by atoms with Gasteiger partial charge in [0.05, 0.1) is 11.9 Å². The minimum Gasteiger partial charge on any atom is -0.393 e. The van der Waals surface area contributed by atoms with Crippen molar-refractivity contribution in [3.05, 3.63) is 52.7 Å². The van der Waals surface area contributed by atoms with Gasteiger partial charge in [-0.2, -0.15) is 4.52 Å². The molecule has 0 spiro atoms. The summed E-state index contributed by atoms with van der Waals surface area (Å²) < 4.78 is 14.4. The number of aromatic nitrogens is 3. The van der Waals surface area contributed by atoms with E-state index >= 15 is 0 Å². The number of nitrogens with two attached hydrogens (primary N) is 1. The average molecular weight is 244 g/mol. The molecule has 2 heterocycles. The minimum absolute atomic E-state index is 0.0557. The summed E-state index contributed by atoms with van der Waals surface area (Å²) in [5, 5.41) is 2.84. The van der Waals surface area contributed by atoms with Crippen molar-refractivity contribution >= 4 is 11.3 Å². The second-order valence-corrected chi connectivity index (χ2v) is 3.89. The van der Waals surface area contributed by atoms with Crippen molar-refractivity contribution in [2.24, 2.45) is 0 Å². The highest BCUT2D eigenvalue weighted by Gasteiger charge is 2.07. The molecule has 3 N–H and O–H groups in total. The fourth-order valence-corrected chi connectivity index (χ4v) is 1.78. The summed E-state index contributed by atoms with van der Waals surface area (Å²) >= 11 is 0. The van der Waals surface area contributed by atoms with Crippen LogP contribution < -0.4 is 11.3 Å². The van der Waals surface area contributed by atoms with E-state index in [0.717, 1.165) is 0 Å². The molecule has 2 aromatic heterocycles. The Morgan fingerprint density at radius 2 is 2.17 bits per heavy atom. The lowest BCUT2D eigenvalue weighted by atomic mass is 10.1. The van der Waals surface area contributed by atoms with Crippen molar-refractivity contribution in [2.45, 2.75) is 0 Å². The topological polar surface area (TPSA) is 76.2 Å². The van der Waals surface area contributed by atoms with E-state index in [1.54, 1.807) is 18.2 Å². The van der Waals surface area contributed by atoms with Gasteiger partial charge >= 0.3 is 0 Å². The molecule has 0 fully saturated rings. The molecule has 0 aliphatic rings. The third-order valence-corrected chi connectivity index (χ3v) is 2.66. The number of rotatable bonds is 1. The number of nitrogen functional groups attached to an aromatic ring is 1. The zero-order valence-corrected chi connectivity index (χ0v) is 9.22. The second kappa shape index (κ2) is 3.69. The SMILES string of the molecule is Nc1cnc2cc(-c3cccc(F)c3)[nH]n2c1=O. The summed E-state index contributed by atoms with van der Waals surface area (Å²) in [7, 11) is 0. The fourth-order valence-electron chi connectivity index (χ4n) is 1.78. The number of hydrogen-bond acceptors (Lipinski definition) is 3. The number of benzene rings is 1. The first kappa shape index (κ1) is 10.5. The molecule has 0 saturated carbocycles. The smallest absolute Gasteiger partial charge is 0.295 e. The normalized spacial score (nSPS) is 10.9. The van der Waals surface area contributed by atoms with Crippen LogP contribution in [0.2, 0.25) is 0 Å². The maximum Gasteiger partial charge on any atom is 0.295 e. The van der Waals surface area contributed by atoms with Gasteiger partial charge in [-0.1, -0.05) is 12.1 Å². The van der Waals surface area contributed by atoms with Gasteiger partial charge in [-0.25, -0.2) is 9.37 Å². The molecular formula is C12H9FN4O. The van der Waals surface area contributed by atoms with Gasteiger partial charge in [0.15, 0.2) is 5.65 Å². The van der Waals surface area contributed by atoms with Crippen molar-refractivity contribution in [3.8, 4) is 11.3 Å². The first-order valence-electron chi connectivity index (χ1n) is 5.27. The number of fused-ring (bicyclic) bond motifs is 1. The Bertz CT molecular complexity index is 790. The van der Waals surface area contributed by atoms with E-state index in [-0.39, 0.29) is 17.1 Å². The molecular weight excluding hydrogens is 235 g/mol. The highest BCUT2D eigenvalue weighted by molar-refractivity contribution is 5.64. The maximum absolute atomic E-state index is 13.1. The molecule has 0 bridgehead atoms. The van der Waals surface area contributed by atoms with Gasteiger partial charge in [-0.15, -0.1) is 0 Å². The second-order valence-electron chi connectivity index (χ2n) is 3.89. The van der Waals surface area contributed by atoms with Crippen LogP contribution in [0.5, 0.6) is 0 Å². The molecule has 0 aliphatic heterocycles. The minimum atomic E-state index is -0.373. The molecule has 0 radical (unpaired) electrons. The standard InChI is InChI=1S/C12H9FN4O/c13-8-3-1-2-7(4-8)10-5-11-15-6-9(14)12(18)17(11)16-10/h1-6,16H,14H2. The lowest BCUT2D eigenvalue weighted by Crippen LogP contribution is -2.18. The predicted octanol–water partition coefficient (Wildman–Crippen LogP) is 1.41. The first-order valence-corrected chi connectivity index (χ1v) is 5.27. The molecule has 3 rings (SSSR count). The van der Waals surface area contributed by atoms with Crippen LogP contribution in [-0.4, -0.2) is 14.6 Å². The fraction of sp³-hybridized carbons (Fsp3) is 0. The van der Waals surface area contributed by atoms with Gasteiger partial charge in [-0.3, -0.25) is 9.89 Å². The molecule has 18 heavy (non-hydrogen) atoms. The Morgan fingerprint density at radius 3 is 2.94 bits per heavy atom. The molecule has 90 valence electrons. The Kier molecular flexibility index (Phi) is 2.16. The number of H-pyrrole nitrogens is 1. The van der Waals surface area contributed by atoms with Crippen molar-refractivity contribution < 1.29 is 4.39 Å². The van der Waals surface area contributed by atoms with Gasteiger partial charge < -0.3 is 5.73 Å². The van der Waals surface area contributed by atoms with Crippen LogP contribution in [0, 0.1) is 5.82 Å². The number of aromatic amines is 1. The van der Waals surface area contributed by atoms with Gasteiger partial charge in [0.2, 0.25) is 0 Å². The van der Waals surface area contributed by atoms with Crippen LogP contribution in [0.25, 0.3) is 16.9 Å². The lowest BCUT2D eigenvalue weighted by Gasteiger charge is -1.96. The largest absolute Gasteiger partial charge is 0.393 e. The van der Waals surface area contributed by atoms with E-state index in [1.807, 2.05) is 0 Å². The summed E-state index contributed by atoms with van der Waals surface area (Å²) in [5.41, 5.74) is 6.84. The predicted molar refractivity (Wildman–Crippen MR) is 65.6 cm³/mol. The number of hydrogen-bond donors (Lipinski definition) is 2. The molecule has 0 unspecified atom stereocenters. The molecule has 6 heteroatoms. The molecule has 0 atom stereocenters. The van der Waals surface area contributed by atoms with Gasteiger partial charge in [0, 0.05) is 11.6 Å². The van der Waals surface area contributed by atoms with Crippen LogP contribution in [0.15, 0.2) is 41.3 Å². The third kappa shape index (κ3) is 1.55. The van der Waals surface area contributed by atoms with Gasteiger partial charge in [-0.05, 0) is 12.1 Å². The van der Waals surface area contributed by atoms with E-state index in [4.69, 9.17) is 5.73 Å². The molecule has 0 aliphatic carbocycles. The van der Waals surface area contributed by atoms with Crippen LogP contribution in [0.3, 0.4) is 0 Å². The van der Waals surface area contributed by atoms with E-state index in [9.17, 15) is 9.18 Å². The summed E-state index contributed by atoms with van der Waals surface area (Å²) in [5.74, 6) is -0.342. The molecule has 0 amide bonds. The number of anilines is 1. The zero-order valence-electron chi connectivity index (χ0n) is 9.22. The lowest BCUT2D eigenvalue weighted by molar-refractivity contribution is 0.628. The highest BCUT2D eigenvalue weighted by Crippen LogP contribution is 2.19.